The van der Waals surface area contributed by atoms with Crippen LogP contribution < -0.4 is 0 Å². The van der Waals surface area contributed by atoms with E-state index < -0.39 is 48.0 Å². The maximum Gasteiger partial charge on any atom is 0.371 e. The molecule has 0 saturated carbocycles. The van der Waals surface area contributed by atoms with E-state index in [1.54, 1.807) is 0 Å². The summed E-state index contributed by atoms with van der Waals surface area (Å²) in [6.45, 7) is -1.75. The van der Waals surface area contributed by atoms with E-state index in [0.717, 1.165) is 0 Å². The number of hydrogen-bond donors (Lipinski definition) is 0. The first-order valence-electron chi connectivity index (χ1n) is 4.41. The van der Waals surface area contributed by atoms with Crippen LogP contribution in [0.3, 0.4) is 0 Å². The van der Waals surface area contributed by atoms with Gasteiger partial charge in [-0.25, -0.2) is 0 Å². The molecule has 1 saturated heterocycles. The van der Waals surface area contributed by atoms with Gasteiger partial charge in [-0.2, -0.15) is 38.1 Å². The van der Waals surface area contributed by atoms with Gasteiger partial charge in [0, 0.05) is 0 Å². The zero-order valence-electron chi connectivity index (χ0n) is 9.50. The highest BCUT2D eigenvalue weighted by Crippen LogP contribution is 2.17. The molecule has 0 aromatic carbocycles. The second kappa shape index (κ2) is 6.93. The van der Waals surface area contributed by atoms with Crippen molar-refractivity contribution in [3.05, 3.63) is 0 Å². The number of hydrogen-bond acceptors (Lipinski definition) is 12. The molecule has 12 nitrogen and oxygen atoms in total. The highest BCUT2D eigenvalue weighted by Gasteiger charge is 2.33. The van der Waals surface area contributed by atoms with Crippen molar-refractivity contribution in [2.75, 3.05) is 20.0 Å². The van der Waals surface area contributed by atoms with Crippen molar-refractivity contribution >= 4 is 60.0 Å². The lowest BCUT2D eigenvalue weighted by Gasteiger charge is -2.36. The Bertz CT molecular complexity index is 574. The molecule has 1 rings (SSSR count). The van der Waals surface area contributed by atoms with Crippen LogP contribution >= 0.6 is 32.0 Å². The molecule has 1 heterocycles. The van der Waals surface area contributed by atoms with Gasteiger partial charge in [0.15, 0.2) is 0 Å². The minimum atomic E-state index is -4.49. The molecule has 0 atom stereocenters. The highest BCUT2D eigenvalue weighted by atomic mass is 35.7. The van der Waals surface area contributed by atoms with Gasteiger partial charge in [0.25, 0.3) is 0 Å². The SMILES string of the molecule is O=S(=O)(Cl)ON1CN(OS(=O)(=O)Cl)CN(OS(=O)(=O)Cl)C1. The van der Waals surface area contributed by atoms with E-state index >= 15 is 0 Å². The van der Waals surface area contributed by atoms with Crippen LogP contribution in [-0.4, -0.2) is 60.4 Å². The summed E-state index contributed by atoms with van der Waals surface area (Å²) < 4.78 is 77.3. The average Bonchev–Trinajstić information content (AvgIpc) is 2.06. The van der Waals surface area contributed by atoms with Gasteiger partial charge in [-0.05, 0) is 0 Å². The topological polar surface area (TPSA) is 140 Å². The quantitative estimate of drug-likeness (QED) is 0.478. The lowest BCUT2D eigenvalue weighted by Crippen LogP contribution is -2.55. The Kier molecular flexibility index (Phi) is 6.45. The smallest absolute Gasteiger partial charge is 0.180 e. The van der Waals surface area contributed by atoms with Crippen LogP contribution in [0.15, 0.2) is 0 Å². The Labute approximate surface area is 133 Å². The molecule has 1 aliphatic rings. The summed E-state index contributed by atoms with van der Waals surface area (Å²) in [6.07, 6.45) is 0. The third-order valence-corrected chi connectivity index (χ3v) is 3.20. The van der Waals surface area contributed by atoms with E-state index in [9.17, 15) is 25.3 Å². The molecule has 0 amide bonds. The van der Waals surface area contributed by atoms with Crippen molar-refractivity contribution in [1.82, 2.24) is 15.2 Å². The van der Waals surface area contributed by atoms with Crippen molar-refractivity contribution in [1.29, 1.82) is 0 Å². The summed E-state index contributed by atoms with van der Waals surface area (Å²) in [5, 5.41) is 1.49. The minimum absolute atomic E-state index is 0.496. The van der Waals surface area contributed by atoms with Crippen LogP contribution in [0.25, 0.3) is 0 Å². The summed E-state index contributed by atoms with van der Waals surface area (Å²) in [6, 6.07) is 0. The highest BCUT2D eigenvalue weighted by molar-refractivity contribution is 8.10. The van der Waals surface area contributed by atoms with Crippen molar-refractivity contribution in [2.45, 2.75) is 0 Å². The molecular formula is C3H6Cl3N3O9S3. The molecule has 0 aromatic rings. The molecule has 126 valence electrons. The van der Waals surface area contributed by atoms with Gasteiger partial charge in [0.05, 0.1) is 32.0 Å². The number of hydroxylamine groups is 6. The van der Waals surface area contributed by atoms with E-state index in [4.69, 9.17) is 32.0 Å². The third-order valence-electron chi connectivity index (χ3n) is 1.53. The van der Waals surface area contributed by atoms with E-state index in [2.05, 4.69) is 12.9 Å². The molecule has 0 N–H and O–H groups in total. The Morgan fingerprint density at radius 1 is 0.571 bits per heavy atom. The maximum absolute atomic E-state index is 10.8. The van der Waals surface area contributed by atoms with E-state index in [1.807, 2.05) is 0 Å². The molecule has 0 unspecified atom stereocenters. The molecule has 1 fully saturated rings. The zero-order valence-corrected chi connectivity index (χ0v) is 14.2. The van der Waals surface area contributed by atoms with Crippen LogP contribution in [0.2, 0.25) is 0 Å². The Morgan fingerprint density at radius 3 is 0.905 bits per heavy atom. The first kappa shape index (κ1) is 19.5. The van der Waals surface area contributed by atoms with Gasteiger partial charge in [0.1, 0.15) is 20.0 Å². The second-order valence-electron chi connectivity index (χ2n) is 3.27. The average molecular weight is 431 g/mol. The molecular weight excluding hydrogens is 425 g/mol. The number of rotatable bonds is 6. The largest absolute Gasteiger partial charge is 0.371 e. The van der Waals surface area contributed by atoms with Gasteiger partial charge < -0.3 is 0 Å². The molecule has 0 bridgehead atoms. The summed E-state index contributed by atoms with van der Waals surface area (Å²) in [7, 11) is 1.02. The van der Waals surface area contributed by atoms with Crippen molar-refractivity contribution in [3.63, 3.8) is 0 Å². The lowest BCUT2D eigenvalue weighted by atomic mass is 10.7. The molecule has 1 aliphatic heterocycles. The van der Waals surface area contributed by atoms with E-state index in [1.165, 1.54) is 0 Å². The Hall–Kier alpha value is 0.480. The molecule has 21 heavy (non-hydrogen) atoms. The van der Waals surface area contributed by atoms with Crippen LogP contribution in [-0.2, 0) is 40.8 Å². The minimum Gasteiger partial charge on any atom is -0.180 e. The van der Waals surface area contributed by atoms with Gasteiger partial charge >= 0.3 is 28.0 Å². The molecule has 0 spiro atoms. The number of nitrogens with zero attached hydrogens (tertiary/aromatic N) is 3. The fraction of sp³-hybridized carbons (Fsp3) is 1.00. The summed E-state index contributed by atoms with van der Waals surface area (Å²) >= 11 is 0. The second-order valence-corrected chi connectivity index (χ2v) is 9.48. The normalized spacial score (nSPS) is 20.7. The van der Waals surface area contributed by atoms with Crippen LogP contribution in [0.1, 0.15) is 0 Å². The van der Waals surface area contributed by atoms with Crippen LogP contribution in [0, 0.1) is 0 Å². The fourth-order valence-corrected chi connectivity index (χ4v) is 2.94. The van der Waals surface area contributed by atoms with E-state index in [0.29, 0.717) is 15.2 Å². The van der Waals surface area contributed by atoms with Gasteiger partial charge in [0.2, 0.25) is 0 Å². The third kappa shape index (κ3) is 9.26. The van der Waals surface area contributed by atoms with Gasteiger partial charge in [-0.15, -0.1) is 15.2 Å². The predicted octanol–water partition coefficient (Wildman–Crippen LogP) is -0.976. The summed E-state index contributed by atoms with van der Waals surface area (Å²) in [5.41, 5.74) is 0. The zero-order chi connectivity index (χ0) is 16.5. The van der Waals surface area contributed by atoms with Crippen molar-refractivity contribution < 1.29 is 38.1 Å². The van der Waals surface area contributed by atoms with Crippen LogP contribution in [0.5, 0.6) is 0 Å². The van der Waals surface area contributed by atoms with Gasteiger partial charge in [-0.3, -0.25) is 0 Å². The molecule has 0 aliphatic carbocycles. The first-order chi connectivity index (χ1) is 9.23. The predicted molar refractivity (Wildman–Crippen MR) is 67.7 cm³/mol. The van der Waals surface area contributed by atoms with E-state index in [-0.39, 0.29) is 0 Å². The molecule has 0 aromatic heterocycles. The first-order valence-corrected chi connectivity index (χ1v) is 11.1. The molecule has 0 radical (unpaired) electrons. The van der Waals surface area contributed by atoms with Crippen LogP contribution in [0.4, 0.5) is 0 Å². The fourth-order valence-electron chi connectivity index (χ4n) is 1.18. The Morgan fingerprint density at radius 2 is 0.762 bits per heavy atom. The Balaban J connectivity index is 2.87. The molecule has 18 heteroatoms. The van der Waals surface area contributed by atoms with Gasteiger partial charge in [-0.1, -0.05) is 0 Å². The summed E-state index contributed by atoms with van der Waals surface area (Å²) in [5.74, 6) is 0. The van der Waals surface area contributed by atoms with Crippen molar-refractivity contribution in [2.24, 2.45) is 0 Å². The summed E-state index contributed by atoms with van der Waals surface area (Å²) in [4.78, 5) is 0. The lowest BCUT2D eigenvalue weighted by molar-refractivity contribution is -0.290. The monoisotopic (exact) mass is 429 g/mol. The maximum atomic E-state index is 10.8. The van der Waals surface area contributed by atoms with Crippen molar-refractivity contribution in [3.8, 4) is 0 Å². The standard InChI is InChI=1S/C3H6Cl3N3O9S3/c4-19(10,11)16-7-1-8(17-20(5,12)13)3-9(2-7)18-21(6,14)15/h1-3H2. The number of halogens is 3.